The van der Waals surface area contributed by atoms with Crippen molar-refractivity contribution in [3.05, 3.63) is 11.8 Å². The number of nitrogens with zero attached hydrogens (tertiary/aromatic N) is 1. The Kier molecular flexibility index (Phi) is 9.49. The molecule has 0 radical (unpaired) electrons. The Morgan fingerprint density at radius 2 is 1.81 bits per heavy atom. The second-order valence-electron chi connectivity index (χ2n) is 6.82. The number of ether oxygens (including phenoxy) is 2. The van der Waals surface area contributed by atoms with Crippen molar-refractivity contribution in [3.8, 4) is 0 Å². The van der Waals surface area contributed by atoms with Gasteiger partial charge in [0.15, 0.2) is 0 Å². The average Bonchev–Trinajstić information content (AvgIpc) is 2.93. The van der Waals surface area contributed by atoms with E-state index in [1.165, 1.54) is 0 Å². The molecule has 2 amide bonds. The molecule has 1 unspecified atom stereocenters. The SMILES string of the molecule is C/C(=C\OCCC(C)C)COC(=O)CCC(N)C(=O)ON1C(=O)CCC1=O. The van der Waals surface area contributed by atoms with Gasteiger partial charge < -0.3 is 20.0 Å². The van der Waals surface area contributed by atoms with E-state index in [2.05, 4.69) is 13.8 Å². The van der Waals surface area contributed by atoms with Gasteiger partial charge in [0.2, 0.25) is 0 Å². The summed E-state index contributed by atoms with van der Waals surface area (Å²) in [6.07, 6.45) is 2.37. The molecule has 0 bridgehead atoms. The zero-order valence-electron chi connectivity index (χ0n) is 16.1. The molecule has 9 heteroatoms. The van der Waals surface area contributed by atoms with Gasteiger partial charge in [-0.25, -0.2) is 4.79 Å². The molecular formula is C18H28N2O7. The second-order valence-corrected chi connectivity index (χ2v) is 6.82. The number of rotatable bonds is 11. The van der Waals surface area contributed by atoms with E-state index in [-0.39, 0.29) is 32.3 Å². The number of carbonyl (C=O) groups is 4. The minimum Gasteiger partial charge on any atom is -0.501 e. The molecule has 1 aliphatic heterocycles. The van der Waals surface area contributed by atoms with Crippen LogP contribution in [-0.4, -0.2) is 48.1 Å². The topological polar surface area (TPSA) is 125 Å². The van der Waals surface area contributed by atoms with Gasteiger partial charge in [-0.3, -0.25) is 14.4 Å². The first-order valence-corrected chi connectivity index (χ1v) is 8.96. The van der Waals surface area contributed by atoms with Gasteiger partial charge in [0.1, 0.15) is 12.6 Å². The van der Waals surface area contributed by atoms with Crippen LogP contribution in [0.15, 0.2) is 11.8 Å². The molecule has 27 heavy (non-hydrogen) atoms. The van der Waals surface area contributed by atoms with E-state index in [1.807, 2.05) is 0 Å². The Balaban J connectivity index is 2.24. The largest absolute Gasteiger partial charge is 0.501 e. The van der Waals surface area contributed by atoms with Gasteiger partial charge in [-0.15, -0.1) is 5.06 Å². The summed E-state index contributed by atoms with van der Waals surface area (Å²) in [6.45, 7) is 6.65. The third-order valence-corrected chi connectivity index (χ3v) is 3.71. The summed E-state index contributed by atoms with van der Waals surface area (Å²) in [4.78, 5) is 51.0. The summed E-state index contributed by atoms with van der Waals surface area (Å²) in [7, 11) is 0. The van der Waals surface area contributed by atoms with Crippen molar-refractivity contribution in [1.29, 1.82) is 0 Å². The van der Waals surface area contributed by atoms with Gasteiger partial charge in [-0.2, -0.15) is 0 Å². The highest BCUT2D eigenvalue weighted by atomic mass is 16.7. The van der Waals surface area contributed by atoms with Crippen LogP contribution in [0.5, 0.6) is 0 Å². The van der Waals surface area contributed by atoms with E-state index in [4.69, 9.17) is 20.0 Å². The van der Waals surface area contributed by atoms with Crippen molar-refractivity contribution in [1.82, 2.24) is 5.06 Å². The van der Waals surface area contributed by atoms with Crippen molar-refractivity contribution in [3.63, 3.8) is 0 Å². The van der Waals surface area contributed by atoms with Crippen molar-refractivity contribution in [2.24, 2.45) is 11.7 Å². The number of hydrogen-bond donors (Lipinski definition) is 1. The Bertz CT molecular complexity index is 570. The molecule has 0 aromatic carbocycles. The normalized spacial score (nSPS) is 15.9. The molecule has 0 spiro atoms. The van der Waals surface area contributed by atoms with Crippen molar-refractivity contribution in [2.45, 2.75) is 58.9 Å². The maximum atomic E-state index is 11.8. The van der Waals surface area contributed by atoms with E-state index in [1.54, 1.807) is 13.2 Å². The predicted molar refractivity (Wildman–Crippen MR) is 94.5 cm³/mol. The van der Waals surface area contributed by atoms with Crippen LogP contribution < -0.4 is 5.73 Å². The van der Waals surface area contributed by atoms with E-state index in [0.717, 1.165) is 12.0 Å². The molecule has 0 aliphatic carbocycles. The highest BCUT2D eigenvalue weighted by Gasteiger charge is 2.34. The molecule has 152 valence electrons. The van der Waals surface area contributed by atoms with Crippen LogP contribution in [0.1, 0.15) is 52.9 Å². The van der Waals surface area contributed by atoms with E-state index >= 15 is 0 Å². The second kappa shape index (κ2) is 11.3. The van der Waals surface area contributed by atoms with Crippen LogP contribution >= 0.6 is 0 Å². The number of esters is 1. The fourth-order valence-electron chi connectivity index (χ4n) is 2.01. The molecule has 1 saturated heterocycles. The number of imide groups is 1. The van der Waals surface area contributed by atoms with Crippen LogP contribution in [0, 0.1) is 5.92 Å². The zero-order valence-corrected chi connectivity index (χ0v) is 16.1. The Morgan fingerprint density at radius 1 is 1.19 bits per heavy atom. The molecule has 0 aromatic heterocycles. The Labute approximate surface area is 158 Å². The van der Waals surface area contributed by atoms with Gasteiger partial charge in [0.05, 0.1) is 12.9 Å². The van der Waals surface area contributed by atoms with Gasteiger partial charge in [-0.1, -0.05) is 13.8 Å². The lowest BCUT2D eigenvalue weighted by Crippen LogP contribution is -2.40. The average molecular weight is 384 g/mol. The molecular weight excluding hydrogens is 356 g/mol. The minimum atomic E-state index is -1.14. The first-order valence-electron chi connectivity index (χ1n) is 8.96. The molecule has 2 N–H and O–H groups in total. The third kappa shape index (κ3) is 8.67. The standard InChI is InChI=1S/C18H28N2O7/c1-12(2)8-9-25-10-13(3)11-26-17(23)7-4-14(19)18(24)27-20-15(21)5-6-16(20)22/h10,12,14H,4-9,11,19H2,1-3H3/b13-10+. The maximum absolute atomic E-state index is 11.8. The number of carbonyl (C=O) groups excluding carboxylic acids is 4. The fourth-order valence-corrected chi connectivity index (χ4v) is 2.01. The zero-order chi connectivity index (χ0) is 20.4. The van der Waals surface area contributed by atoms with Crippen molar-refractivity contribution < 1.29 is 33.5 Å². The monoisotopic (exact) mass is 384 g/mol. The van der Waals surface area contributed by atoms with Gasteiger partial charge in [-0.05, 0) is 31.3 Å². The van der Waals surface area contributed by atoms with Crippen LogP contribution in [0.25, 0.3) is 0 Å². The van der Waals surface area contributed by atoms with Crippen LogP contribution in [-0.2, 0) is 33.5 Å². The third-order valence-electron chi connectivity index (χ3n) is 3.71. The van der Waals surface area contributed by atoms with E-state index in [9.17, 15) is 19.2 Å². The fraction of sp³-hybridized carbons (Fsp3) is 0.667. The molecule has 0 aromatic rings. The Hall–Kier alpha value is -2.42. The van der Waals surface area contributed by atoms with Crippen molar-refractivity contribution >= 4 is 23.8 Å². The first-order chi connectivity index (χ1) is 12.7. The van der Waals surface area contributed by atoms with Crippen LogP contribution in [0.4, 0.5) is 0 Å². The van der Waals surface area contributed by atoms with Gasteiger partial charge in [0, 0.05) is 19.3 Å². The molecule has 1 heterocycles. The summed E-state index contributed by atoms with van der Waals surface area (Å²) in [5, 5.41) is 0.425. The lowest BCUT2D eigenvalue weighted by Gasteiger charge is -2.16. The summed E-state index contributed by atoms with van der Waals surface area (Å²) < 4.78 is 10.4. The lowest BCUT2D eigenvalue weighted by molar-refractivity contribution is -0.198. The number of nitrogens with two attached hydrogens (primary N) is 1. The van der Waals surface area contributed by atoms with E-state index < -0.39 is 29.8 Å². The quantitative estimate of drug-likeness (QED) is 0.244. The minimum absolute atomic E-state index is 0.00172. The molecule has 9 nitrogen and oxygen atoms in total. The van der Waals surface area contributed by atoms with Gasteiger partial charge in [0.25, 0.3) is 11.8 Å². The summed E-state index contributed by atoms with van der Waals surface area (Å²) in [5.74, 6) is -2.09. The lowest BCUT2D eigenvalue weighted by atomic mass is 10.1. The molecule has 1 atom stereocenters. The molecule has 0 saturated carbocycles. The van der Waals surface area contributed by atoms with Crippen LogP contribution in [0.3, 0.4) is 0 Å². The van der Waals surface area contributed by atoms with Gasteiger partial charge >= 0.3 is 11.9 Å². The molecule has 1 rings (SSSR count). The summed E-state index contributed by atoms with van der Waals surface area (Å²) >= 11 is 0. The highest BCUT2D eigenvalue weighted by molar-refractivity contribution is 6.01. The maximum Gasteiger partial charge on any atom is 0.349 e. The highest BCUT2D eigenvalue weighted by Crippen LogP contribution is 2.13. The molecule has 1 aliphatic rings. The Morgan fingerprint density at radius 3 is 2.41 bits per heavy atom. The number of hydrogen-bond acceptors (Lipinski definition) is 8. The predicted octanol–water partition coefficient (Wildman–Crippen LogP) is 1.21. The first kappa shape index (κ1) is 22.6. The number of amides is 2. The summed E-state index contributed by atoms with van der Waals surface area (Å²) in [5.41, 5.74) is 6.38. The van der Waals surface area contributed by atoms with Crippen molar-refractivity contribution in [2.75, 3.05) is 13.2 Å². The van der Waals surface area contributed by atoms with E-state index in [0.29, 0.717) is 17.6 Å². The molecule has 1 fully saturated rings. The smallest absolute Gasteiger partial charge is 0.349 e. The summed E-state index contributed by atoms with van der Waals surface area (Å²) in [6, 6.07) is -1.14. The number of hydroxylamine groups is 2. The van der Waals surface area contributed by atoms with Crippen LogP contribution in [0.2, 0.25) is 0 Å².